The summed E-state index contributed by atoms with van der Waals surface area (Å²) in [6, 6.07) is 8.05. The molecule has 1 aromatic carbocycles. The van der Waals surface area contributed by atoms with Gasteiger partial charge in [-0.05, 0) is 48.2 Å². The van der Waals surface area contributed by atoms with Crippen molar-refractivity contribution in [1.82, 2.24) is 25.1 Å². The molecule has 0 saturated carbocycles. The van der Waals surface area contributed by atoms with Crippen LogP contribution in [0.4, 0.5) is 0 Å². The van der Waals surface area contributed by atoms with E-state index in [9.17, 15) is 4.79 Å². The Morgan fingerprint density at radius 3 is 3.04 bits per heavy atom. The van der Waals surface area contributed by atoms with Gasteiger partial charge in [-0.15, -0.1) is 5.10 Å². The molecule has 0 spiro atoms. The predicted molar refractivity (Wildman–Crippen MR) is 93.0 cm³/mol. The average molecular weight is 343 g/mol. The molecule has 7 heteroatoms. The predicted octanol–water partition coefficient (Wildman–Crippen LogP) is 2.08. The Balaban J connectivity index is 1.42. The number of rotatable bonds is 7. The zero-order valence-corrected chi connectivity index (χ0v) is 14.7. The zero-order chi connectivity index (χ0) is 17.5. The maximum Gasteiger partial charge on any atom is 0.222 e. The van der Waals surface area contributed by atoms with Crippen molar-refractivity contribution < 1.29 is 9.53 Å². The molecule has 0 aliphatic carbocycles. The van der Waals surface area contributed by atoms with Gasteiger partial charge < -0.3 is 9.64 Å². The molecule has 0 N–H and O–H groups in total. The van der Waals surface area contributed by atoms with E-state index in [2.05, 4.69) is 28.5 Å². The van der Waals surface area contributed by atoms with Crippen LogP contribution in [-0.4, -0.2) is 50.7 Å². The standard InChI is InChI=1S/C18H25N5O2/c1-15-6-2-3-8-17(15)25-13-16-7-4-10-22(12-16)18(24)9-5-11-23-14-19-20-21-23/h2-3,6,8,14,16H,4-5,7,9-13H2,1H3/t16-/m0/s1. The Morgan fingerprint density at radius 1 is 1.36 bits per heavy atom. The minimum Gasteiger partial charge on any atom is -0.493 e. The highest BCUT2D eigenvalue weighted by molar-refractivity contribution is 5.76. The van der Waals surface area contributed by atoms with Gasteiger partial charge in [-0.25, -0.2) is 4.68 Å². The van der Waals surface area contributed by atoms with Crippen molar-refractivity contribution in [3.63, 3.8) is 0 Å². The second-order valence-corrected chi connectivity index (χ2v) is 6.60. The fraction of sp³-hybridized carbons (Fsp3) is 0.556. The molecule has 0 bridgehead atoms. The van der Waals surface area contributed by atoms with Crippen molar-refractivity contribution in [1.29, 1.82) is 0 Å². The largest absolute Gasteiger partial charge is 0.493 e. The number of aryl methyl sites for hydroxylation is 2. The van der Waals surface area contributed by atoms with Crippen molar-refractivity contribution in [3.8, 4) is 5.75 Å². The van der Waals surface area contributed by atoms with Gasteiger partial charge in [0.2, 0.25) is 5.91 Å². The van der Waals surface area contributed by atoms with Crippen LogP contribution in [-0.2, 0) is 11.3 Å². The first-order valence-corrected chi connectivity index (χ1v) is 8.89. The van der Waals surface area contributed by atoms with Crippen LogP contribution in [0.2, 0.25) is 0 Å². The normalized spacial score (nSPS) is 17.5. The first-order chi connectivity index (χ1) is 12.2. The number of piperidine rings is 1. The van der Waals surface area contributed by atoms with Crippen molar-refractivity contribution in [2.75, 3.05) is 19.7 Å². The van der Waals surface area contributed by atoms with Crippen LogP contribution >= 0.6 is 0 Å². The Bertz CT molecular complexity index is 674. The lowest BCUT2D eigenvalue weighted by Gasteiger charge is -2.33. The Kier molecular flexibility index (Phi) is 5.98. The second kappa shape index (κ2) is 8.60. The molecule has 3 rings (SSSR count). The van der Waals surface area contributed by atoms with Crippen molar-refractivity contribution in [2.24, 2.45) is 5.92 Å². The van der Waals surface area contributed by atoms with Crippen LogP contribution < -0.4 is 4.74 Å². The number of amides is 1. The number of hydrogen-bond acceptors (Lipinski definition) is 5. The Morgan fingerprint density at radius 2 is 2.24 bits per heavy atom. The van der Waals surface area contributed by atoms with Gasteiger partial charge in [0.05, 0.1) is 6.61 Å². The highest BCUT2D eigenvalue weighted by atomic mass is 16.5. The number of likely N-dealkylation sites (tertiary alicyclic amines) is 1. The molecule has 1 amide bonds. The van der Waals surface area contributed by atoms with Gasteiger partial charge in [0.25, 0.3) is 0 Å². The number of hydrogen-bond donors (Lipinski definition) is 0. The molecule has 0 unspecified atom stereocenters. The molecule has 0 radical (unpaired) electrons. The first-order valence-electron chi connectivity index (χ1n) is 8.89. The second-order valence-electron chi connectivity index (χ2n) is 6.60. The quantitative estimate of drug-likeness (QED) is 0.769. The van der Waals surface area contributed by atoms with Gasteiger partial charge in [0, 0.05) is 32.0 Å². The fourth-order valence-electron chi connectivity index (χ4n) is 3.19. The van der Waals surface area contributed by atoms with E-state index in [1.54, 1.807) is 11.0 Å². The lowest BCUT2D eigenvalue weighted by molar-refractivity contribution is -0.133. The maximum absolute atomic E-state index is 12.4. The summed E-state index contributed by atoms with van der Waals surface area (Å²) in [5, 5.41) is 11.0. The Labute approximate surface area is 148 Å². The number of ether oxygens (including phenoxy) is 1. The van der Waals surface area contributed by atoms with Gasteiger partial charge in [0.15, 0.2) is 0 Å². The lowest BCUT2D eigenvalue weighted by Crippen LogP contribution is -2.41. The molecule has 7 nitrogen and oxygen atoms in total. The van der Waals surface area contributed by atoms with Gasteiger partial charge in [-0.2, -0.15) is 0 Å². The maximum atomic E-state index is 12.4. The van der Waals surface area contributed by atoms with Crippen molar-refractivity contribution in [2.45, 2.75) is 39.2 Å². The summed E-state index contributed by atoms with van der Waals surface area (Å²) >= 11 is 0. The molecular weight excluding hydrogens is 318 g/mol. The topological polar surface area (TPSA) is 73.1 Å². The van der Waals surface area contributed by atoms with E-state index in [0.717, 1.165) is 43.7 Å². The molecule has 1 atom stereocenters. The number of tetrazole rings is 1. The lowest BCUT2D eigenvalue weighted by atomic mass is 9.98. The summed E-state index contributed by atoms with van der Waals surface area (Å²) in [7, 11) is 0. The summed E-state index contributed by atoms with van der Waals surface area (Å²) in [4.78, 5) is 14.4. The van der Waals surface area contributed by atoms with Crippen LogP contribution in [0.15, 0.2) is 30.6 Å². The number of nitrogens with zero attached hydrogens (tertiary/aromatic N) is 5. The summed E-state index contributed by atoms with van der Waals surface area (Å²) in [5.41, 5.74) is 1.15. The van der Waals surface area contributed by atoms with E-state index in [1.165, 1.54) is 0 Å². The van der Waals surface area contributed by atoms with E-state index in [4.69, 9.17) is 4.74 Å². The third-order valence-electron chi connectivity index (χ3n) is 4.61. The van der Waals surface area contributed by atoms with E-state index >= 15 is 0 Å². The molecule has 2 heterocycles. The van der Waals surface area contributed by atoms with E-state index < -0.39 is 0 Å². The smallest absolute Gasteiger partial charge is 0.222 e. The monoisotopic (exact) mass is 343 g/mol. The first kappa shape index (κ1) is 17.4. The Hall–Kier alpha value is -2.44. The molecule has 134 valence electrons. The van der Waals surface area contributed by atoms with Crippen LogP contribution in [0.3, 0.4) is 0 Å². The van der Waals surface area contributed by atoms with Crippen molar-refractivity contribution >= 4 is 5.91 Å². The van der Waals surface area contributed by atoms with Gasteiger partial charge in [0.1, 0.15) is 12.1 Å². The molecule has 1 fully saturated rings. The molecule has 1 aliphatic heterocycles. The SMILES string of the molecule is Cc1ccccc1OC[C@H]1CCCN(C(=O)CCCn2cnnn2)C1. The third kappa shape index (κ3) is 5.01. The number of aromatic nitrogens is 4. The molecular formula is C18H25N5O2. The minimum atomic E-state index is 0.216. The van der Waals surface area contributed by atoms with Gasteiger partial charge in [-0.1, -0.05) is 18.2 Å². The van der Waals surface area contributed by atoms with Crippen molar-refractivity contribution in [3.05, 3.63) is 36.2 Å². The number of carbonyl (C=O) groups excluding carboxylic acids is 1. The third-order valence-corrected chi connectivity index (χ3v) is 4.61. The van der Waals surface area contributed by atoms with E-state index in [1.807, 2.05) is 23.1 Å². The van der Waals surface area contributed by atoms with Crippen LogP contribution in [0.1, 0.15) is 31.2 Å². The minimum absolute atomic E-state index is 0.216. The summed E-state index contributed by atoms with van der Waals surface area (Å²) in [6.45, 7) is 5.03. The fourth-order valence-corrected chi connectivity index (χ4v) is 3.19. The number of para-hydroxylation sites is 1. The highest BCUT2D eigenvalue weighted by Crippen LogP contribution is 2.21. The summed E-state index contributed by atoms with van der Waals surface area (Å²) in [6.07, 6.45) is 5.01. The molecule has 2 aromatic rings. The molecule has 1 aromatic heterocycles. The summed E-state index contributed by atoms with van der Waals surface area (Å²) < 4.78 is 7.63. The average Bonchev–Trinajstić information content (AvgIpc) is 3.15. The van der Waals surface area contributed by atoms with Crippen LogP contribution in [0.25, 0.3) is 0 Å². The van der Waals surface area contributed by atoms with Gasteiger partial charge in [-0.3, -0.25) is 4.79 Å². The van der Waals surface area contributed by atoms with E-state index in [-0.39, 0.29) is 5.91 Å². The molecule has 1 aliphatic rings. The number of carbonyl (C=O) groups is 1. The van der Waals surface area contributed by atoms with E-state index in [0.29, 0.717) is 25.5 Å². The number of benzene rings is 1. The molecule has 1 saturated heterocycles. The highest BCUT2D eigenvalue weighted by Gasteiger charge is 2.24. The van der Waals surface area contributed by atoms with Gasteiger partial charge >= 0.3 is 0 Å². The van der Waals surface area contributed by atoms with Crippen LogP contribution in [0, 0.1) is 12.8 Å². The zero-order valence-electron chi connectivity index (χ0n) is 14.7. The molecule has 25 heavy (non-hydrogen) atoms. The summed E-state index contributed by atoms with van der Waals surface area (Å²) in [5.74, 6) is 1.55. The van der Waals surface area contributed by atoms with Crippen LogP contribution in [0.5, 0.6) is 5.75 Å².